The molecular formula is C18H19N3O2. The molecule has 0 aliphatic heterocycles. The number of rotatable bonds is 5. The van der Waals surface area contributed by atoms with Crippen molar-refractivity contribution in [2.75, 3.05) is 11.9 Å². The molecule has 0 aliphatic carbocycles. The Balaban J connectivity index is 1.69. The van der Waals surface area contributed by atoms with E-state index < -0.39 is 0 Å². The van der Waals surface area contributed by atoms with Crippen LogP contribution in [0.5, 0.6) is 5.75 Å². The van der Waals surface area contributed by atoms with E-state index in [0.29, 0.717) is 13.0 Å². The summed E-state index contributed by atoms with van der Waals surface area (Å²) in [5.41, 5.74) is 3.57. The zero-order valence-corrected chi connectivity index (χ0v) is 13.2. The third kappa shape index (κ3) is 3.34. The summed E-state index contributed by atoms with van der Waals surface area (Å²) in [6.45, 7) is 4.54. The molecule has 0 spiro atoms. The molecule has 0 atom stereocenters. The Kier molecular flexibility index (Phi) is 4.28. The molecule has 1 N–H and O–H groups in total. The van der Waals surface area contributed by atoms with Crippen LogP contribution < -0.4 is 10.1 Å². The number of aryl methyl sites for hydroxylation is 1. The molecule has 1 amide bonds. The summed E-state index contributed by atoms with van der Waals surface area (Å²) >= 11 is 0. The molecule has 3 aromatic rings. The van der Waals surface area contributed by atoms with Crippen LogP contribution in [0.15, 0.2) is 48.8 Å². The minimum Gasteiger partial charge on any atom is -0.494 e. The highest BCUT2D eigenvalue weighted by molar-refractivity contribution is 5.93. The van der Waals surface area contributed by atoms with Crippen LogP contribution in [0.1, 0.15) is 18.2 Å². The van der Waals surface area contributed by atoms with Crippen molar-refractivity contribution in [1.29, 1.82) is 0 Å². The number of benzene rings is 1. The average Bonchev–Trinajstić information content (AvgIpc) is 3.02. The summed E-state index contributed by atoms with van der Waals surface area (Å²) in [6.07, 6.45) is 3.95. The Labute approximate surface area is 134 Å². The average molecular weight is 309 g/mol. The number of pyridine rings is 1. The quantitative estimate of drug-likeness (QED) is 0.787. The fourth-order valence-electron chi connectivity index (χ4n) is 2.51. The van der Waals surface area contributed by atoms with Gasteiger partial charge in [-0.25, -0.2) is 4.98 Å². The summed E-state index contributed by atoms with van der Waals surface area (Å²) in [4.78, 5) is 16.5. The highest BCUT2D eigenvalue weighted by Gasteiger charge is 2.08. The lowest BCUT2D eigenvalue weighted by molar-refractivity contribution is -0.115. The van der Waals surface area contributed by atoms with Gasteiger partial charge in [-0.1, -0.05) is 12.1 Å². The van der Waals surface area contributed by atoms with Gasteiger partial charge in [-0.3, -0.25) is 4.79 Å². The molecule has 0 aliphatic rings. The number of aromatic nitrogens is 2. The number of ether oxygens (including phenoxy) is 1. The van der Waals surface area contributed by atoms with Crippen molar-refractivity contribution >= 4 is 17.2 Å². The first-order valence-electron chi connectivity index (χ1n) is 7.61. The summed E-state index contributed by atoms with van der Waals surface area (Å²) < 4.78 is 7.35. The van der Waals surface area contributed by atoms with E-state index in [1.54, 1.807) is 6.20 Å². The predicted octanol–water partition coefficient (Wildman–Crippen LogP) is 3.22. The van der Waals surface area contributed by atoms with Gasteiger partial charge in [-0.2, -0.15) is 0 Å². The van der Waals surface area contributed by atoms with Gasteiger partial charge in [0.1, 0.15) is 11.4 Å². The molecule has 2 heterocycles. The maximum atomic E-state index is 12.3. The number of fused-ring (bicyclic) bond motifs is 1. The number of carbonyl (C=O) groups is 1. The molecule has 1 aromatic carbocycles. The van der Waals surface area contributed by atoms with E-state index in [-0.39, 0.29) is 5.91 Å². The Morgan fingerprint density at radius 3 is 2.74 bits per heavy atom. The van der Waals surface area contributed by atoms with Gasteiger partial charge in [-0.05, 0) is 43.7 Å². The van der Waals surface area contributed by atoms with Crippen LogP contribution in [0.4, 0.5) is 5.69 Å². The standard InChI is InChI=1S/C18H19N3O2/c1-3-23-15-6-4-14(5-7-15)12-18(22)20-16-8-9-17-19-10-11-21(17)13(16)2/h4-11H,3,12H2,1-2H3,(H,20,22). The van der Waals surface area contributed by atoms with Gasteiger partial charge < -0.3 is 14.5 Å². The Hall–Kier alpha value is -2.82. The van der Waals surface area contributed by atoms with E-state index in [2.05, 4.69) is 10.3 Å². The van der Waals surface area contributed by atoms with E-state index in [1.807, 2.05) is 60.8 Å². The zero-order chi connectivity index (χ0) is 16.2. The zero-order valence-electron chi connectivity index (χ0n) is 13.2. The van der Waals surface area contributed by atoms with Crippen LogP contribution in [-0.4, -0.2) is 21.9 Å². The Morgan fingerprint density at radius 2 is 2.00 bits per heavy atom. The normalized spacial score (nSPS) is 10.7. The summed E-state index contributed by atoms with van der Waals surface area (Å²) in [6, 6.07) is 11.4. The molecule has 0 unspecified atom stereocenters. The number of nitrogens with one attached hydrogen (secondary N) is 1. The Morgan fingerprint density at radius 1 is 1.22 bits per heavy atom. The second kappa shape index (κ2) is 6.52. The third-order valence-electron chi connectivity index (χ3n) is 3.69. The van der Waals surface area contributed by atoms with E-state index in [0.717, 1.165) is 28.3 Å². The fourth-order valence-corrected chi connectivity index (χ4v) is 2.51. The molecule has 5 nitrogen and oxygen atoms in total. The first-order valence-corrected chi connectivity index (χ1v) is 7.61. The molecule has 0 radical (unpaired) electrons. The van der Waals surface area contributed by atoms with Gasteiger partial charge in [0.2, 0.25) is 5.91 Å². The van der Waals surface area contributed by atoms with Crippen molar-refractivity contribution < 1.29 is 9.53 Å². The molecule has 3 rings (SSSR count). The number of amides is 1. The van der Waals surface area contributed by atoms with Crippen LogP contribution in [0.2, 0.25) is 0 Å². The van der Waals surface area contributed by atoms with E-state index in [4.69, 9.17) is 4.74 Å². The second-order valence-electron chi connectivity index (χ2n) is 5.29. The molecule has 0 saturated heterocycles. The van der Waals surface area contributed by atoms with Crippen molar-refractivity contribution in [3.8, 4) is 5.75 Å². The predicted molar refractivity (Wildman–Crippen MR) is 89.9 cm³/mol. The van der Waals surface area contributed by atoms with Crippen molar-refractivity contribution in [3.63, 3.8) is 0 Å². The van der Waals surface area contributed by atoms with E-state index in [1.165, 1.54) is 0 Å². The van der Waals surface area contributed by atoms with Crippen molar-refractivity contribution in [1.82, 2.24) is 9.38 Å². The molecule has 0 bridgehead atoms. The fraction of sp³-hybridized carbons (Fsp3) is 0.222. The molecule has 0 saturated carbocycles. The van der Waals surface area contributed by atoms with Crippen LogP contribution in [0.3, 0.4) is 0 Å². The number of hydrogen-bond acceptors (Lipinski definition) is 3. The number of nitrogens with zero attached hydrogens (tertiary/aromatic N) is 2. The molecule has 118 valence electrons. The number of anilines is 1. The van der Waals surface area contributed by atoms with Crippen molar-refractivity contribution in [2.24, 2.45) is 0 Å². The minimum absolute atomic E-state index is 0.0447. The largest absolute Gasteiger partial charge is 0.494 e. The van der Waals surface area contributed by atoms with Gasteiger partial charge in [0.05, 0.1) is 18.7 Å². The lowest BCUT2D eigenvalue weighted by atomic mass is 10.1. The Bertz CT molecular complexity index is 822. The lowest BCUT2D eigenvalue weighted by Gasteiger charge is -2.10. The van der Waals surface area contributed by atoms with Crippen LogP contribution in [0, 0.1) is 6.92 Å². The first kappa shape index (κ1) is 15.1. The van der Waals surface area contributed by atoms with Crippen LogP contribution in [-0.2, 0) is 11.2 Å². The first-order chi connectivity index (χ1) is 11.2. The highest BCUT2D eigenvalue weighted by atomic mass is 16.5. The molecule has 0 fully saturated rings. The third-order valence-corrected chi connectivity index (χ3v) is 3.69. The summed E-state index contributed by atoms with van der Waals surface area (Å²) in [7, 11) is 0. The number of carbonyl (C=O) groups excluding carboxylic acids is 1. The maximum absolute atomic E-state index is 12.3. The minimum atomic E-state index is -0.0447. The second-order valence-corrected chi connectivity index (χ2v) is 5.29. The highest BCUT2D eigenvalue weighted by Crippen LogP contribution is 2.17. The van der Waals surface area contributed by atoms with Gasteiger partial charge in [0.25, 0.3) is 0 Å². The SMILES string of the molecule is CCOc1ccc(CC(=O)Nc2ccc3nccn3c2C)cc1. The maximum Gasteiger partial charge on any atom is 0.228 e. The smallest absolute Gasteiger partial charge is 0.228 e. The summed E-state index contributed by atoms with van der Waals surface area (Å²) in [5, 5.41) is 2.96. The topological polar surface area (TPSA) is 55.6 Å². The molecule has 5 heteroatoms. The van der Waals surface area contributed by atoms with Crippen molar-refractivity contribution in [2.45, 2.75) is 20.3 Å². The number of imidazole rings is 1. The van der Waals surface area contributed by atoms with Gasteiger partial charge in [-0.15, -0.1) is 0 Å². The lowest BCUT2D eigenvalue weighted by Crippen LogP contribution is -2.16. The van der Waals surface area contributed by atoms with Crippen LogP contribution >= 0.6 is 0 Å². The van der Waals surface area contributed by atoms with Gasteiger partial charge in [0.15, 0.2) is 0 Å². The van der Waals surface area contributed by atoms with E-state index in [9.17, 15) is 4.79 Å². The summed E-state index contributed by atoms with van der Waals surface area (Å²) in [5.74, 6) is 0.773. The molecule has 2 aromatic heterocycles. The van der Waals surface area contributed by atoms with Gasteiger partial charge >= 0.3 is 0 Å². The number of hydrogen-bond donors (Lipinski definition) is 1. The van der Waals surface area contributed by atoms with Gasteiger partial charge in [0, 0.05) is 18.1 Å². The molecule has 23 heavy (non-hydrogen) atoms. The molecular weight excluding hydrogens is 290 g/mol. The van der Waals surface area contributed by atoms with E-state index >= 15 is 0 Å². The monoisotopic (exact) mass is 309 g/mol. The van der Waals surface area contributed by atoms with Crippen molar-refractivity contribution in [3.05, 3.63) is 60.0 Å². The van der Waals surface area contributed by atoms with Crippen LogP contribution in [0.25, 0.3) is 5.65 Å².